The zero-order chi connectivity index (χ0) is 16.9. The largest absolute Gasteiger partial charge is 0.497 e. The molecule has 3 aromatic rings. The highest BCUT2D eigenvalue weighted by molar-refractivity contribution is 8.00. The molecule has 3 aromatic carbocycles. The predicted molar refractivity (Wildman–Crippen MR) is 101 cm³/mol. The van der Waals surface area contributed by atoms with Crippen LogP contribution in [0.1, 0.15) is 6.92 Å². The summed E-state index contributed by atoms with van der Waals surface area (Å²) in [6.07, 6.45) is 0. The van der Waals surface area contributed by atoms with Crippen molar-refractivity contribution in [2.45, 2.75) is 17.1 Å². The normalized spacial score (nSPS) is 11.9. The molecule has 0 saturated carbocycles. The van der Waals surface area contributed by atoms with E-state index in [2.05, 4.69) is 11.4 Å². The van der Waals surface area contributed by atoms with Gasteiger partial charge >= 0.3 is 0 Å². The summed E-state index contributed by atoms with van der Waals surface area (Å²) in [7, 11) is 1.64. The molecule has 1 amide bonds. The molecular weight excluding hydrogens is 318 g/mol. The van der Waals surface area contributed by atoms with Crippen LogP contribution in [-0.2, 0) is 4.79 Å². The zero-order valence-corrected chi connectivity index (χ0v) is 14.5. The van der Waals surface area contributed by atoms with Gasteiger partial charge in [0, 0.05) is 10.6 Å². The van der Waals surface area contributed by atoms with Gasteiger partial charge < -0.3 is 10.1 Å². The van der Waals surface area contributed by atoms with Crippen molar-refractivity contribution in [1.29, 1.82) is 0 Å². The number of benzene rings is 3. The summed E-state index contributed by atoms with van der Waals surface area (Å²) in [5, 5.41) is 5.08. The van der Waals surface area contributed by atoms with Gasteiger partial charge in [-0.05, 0) is 54.1 Å². The number of hydrogen-bond acceptors (Lipinski definition) is 3. The number of ether oxygens (including phenoxy) is 1. The van der Waals surface area contributed by atoms with E-state index in [0.29, 0.717) is 0 Å². The first kappa shape index (κ1) is 16.4. The quantitative estimate of drug-likeness (QED) is 0.668. The Morgan fingerprint density at radius 3 is 2.42 bits per heavy atom. The van der Waals surface area contributed by atoms with Gasteiger partial charge in [-0.25, -0.2) is 0 Å². The molecule has 0 spiro atoms. The van der Waals surface area contributed by atoms with Crippen molar-refractivity contribution in [1.82, 2.24) is 0 Å². The van der Waals surface area contributed by atoms with Crippen molar-refractivity contribution in [3.05, 3.63) is 66.7 Å². The highest BCUT2D eigenvalue weighted by atomic mass is 32.2. The van der Waals surface area contributed by atoms with Crippen LogP contribution in [-0.4, -0.2) is 18.3 Å². The minimum absolute atomic E-state index is 0.00824. The minimum Gasteiger partial charge on any atom is -0.497 e. The summed E-state index contributed by atoms with van der Waals surface area (Å²) < 4.78 is 5.15. The van der Waals surface area contributed by atoms with E-state index in [0.717, 1.165) is 27.1 Å². The molecule has 122 valence electrons. The number of fused-ring (bicyclic) bond motifs is 1. The number of methoxy groups -OCH3 is 1. The maximum Gasteiger partial charge on any atom is 0.237 e. The number of amides is 1. The summed E-state index contributed by atoms with van der Waals surface area (Å²) in [5.41, 5.74) is 0.820. The molecule has 1 N–H and O–H groups in total. The van der Waals surface area contributed by atoms with E-state index in [1.165, 1.54) is 11.8 Å². The Morgan fingerprint density at radius 1 is 1.00 bits per heavy atom. The Hall–Kier alpha value is -2.46. The van der Waals surface area contributed by atoms with E-state index >= 15 is 0 Å². The number of nitrogens with one attached hydrogen (secondary N) is 1. The van der Waals surface area contributed by atoms with Gasteiger partial charge in [-0.1, -0.05) is 30.3 Å². The second kappa shape index (κ2) is 7.41. The second-order valence-corrected chi connectivity index (χ2v) is 6.90. The van der Waals surface area contributed by atoms with Crippen molar-refractivity contribution >= 4 is 34.1 Å². The Bertz CT molecular complexity index is 846. The van der Waals surface area contributed by atoms with Gasteiger partial charge in [0.25, 0.3) is 0 Å². The molecule has 0 fully saturated rings. The molecule has 0 aromatic heterocycles. The average molecular weight is 337 g/mol. The molecule has 3 nitrogen and oxygen atoms in total. The van der Waals surface area contributed by atoms with E-state index in [-0.39, 0.29) is 11.2 Å². The topological polar surface area (TPSA) is 38.3 Å². The maximum atomic E-state index is 12.4. The summed E-state index contributed by atoms with van der Waals surface area (Å²) in [4.78, 5) is 13.5. The van der Waals surface area contributed by atoms with Crippen molar-refractivity contribution < 1.29 is 9.53 Å². The number of thioether (sulfide) groups is 1. The lowest BCUT2D eigenvalue weighted by atomic mass is 10.1. The van der Waals surface area contributed by atoms with Crippen molar-refractivity contribution in [2.24, 2.45) is 0 Å². The third-order valence-electron chi connectivity index (χ3n) is 3.76. The molecule has 1 atom stereocenters. The van der Waals surface area contributed by atoms with Crippen LogP contribution in [0.25, 0.3) is 10.8 Å². The first-order valence-electron chi connectivity index (χ1n) is 7.76. The van der Waals surface area contributed by atoms with Gasteiger partial charge in [0.05, 0.1) is 12.4 Å². The number of carbonyl (C=O) groups is 1. The molecular formula is C20H19NO2S. The van der Waals surface area contributed by atoms with Crippen LogP contribution in [0.4, 0.5) is 5.69 Å². The lowest BCUT2D eigenvalue weighted by Crippen LogP contribution is -2.22. The summed E-state index contributed by atoms with van der Waals surface area (Å²) >= 11 is 1.53. The summed E-state index contributed by atoms with van der Waals surface area (Å²) in [5.74, 6) is 0.804. The first-order chi connectivity index (χ1) is 11.7. The number of anilines is 1. The monoisotopic (exact) mass is 337 g/mol. The Morgan fingerprint density at radius 2 is 1.71 bits per heavy atom. The lowest BCUT2D eigenvalue weighted by Gasteiger charge is -2.13. The van der Waals surface area contributed by atoms with Gasteiger partial charge in [-0.15, -0.1) is 11.8 Å². The molecule has 0 aliphatic rings. The second-order valence-electron chi connectivity index (χ2n) is 5.49. The number of hydrogen-bond donors (Lipinski definition) is 1. The average Bonchev–Trinajstić information content (AvgIpc) is 2.62. The van der Waals surface area contributed by atoms with Crippen molar-refractivity contribution in [3.63, 3.8) is 0 Å². The molecule has 0 heterocycles. The number of carbonyl (C=O) groups excluding carboxylic acids is 1. The van der Waals surface area contributed by atoms with E-state index < -0.39 is 0 Å². The van der Waals surface area contributed by atoms with Crippen LogP contribution in [0, 0.1) is 0 Å². The Kier molecular flexibility index (Phi) is 5.06. The third kappa shape index (κ3) is 3.89. The standard InChI is InChI=1S/C20H19NO2S/c1-14(24-19-11-9-18(23-2)10-12-19)20(22)21-17-8-7-15-5-3-4-6-16(15)13-17/h3-14H,1-2H3,(H,21,22)/t14-/m1/s1. The fraction of sp³-hybridized carbons (Fsp3) is 0.150. The molecule has 0 bridgehead atoms. The van der Waals surface area contributed by atoms with Crippen LogP contribution < -0.4 is 10.1 Å². The zero-order valence-electron chi connectivity index (χ0n) is 13.7. The lowest BCUT2D eigenvalue weighted by molar-refractivity contribution is -0.115. The summed E-state index contributed by atoms with van der Waals surface area (Å²) in [6.45, 7) is 1.91. The first-order valence-corrected chi connectivity index (χ1v) is 8.64. The van der Waals surface area contributed by atoms with Gasteiger partial charge in [-0.2, -0.15) is 0 Å². The maximum absolute atomic E-state index is 12.4. The fourth-order valence-corrected chi connectivity index (χ4v) is 3.29. The number of rotatable bonds is 5. The SMILES string of the molecule is COc1ccc(S[C@H](C)C(=O)Nc2ccc3ccccc3c2)cc1. The Balaban J connectivity index is 1.66. The van der Waals surface area contributed by atoms with E-state index in [4.69, 9.17) is 4.74 Å². The molecule has 3 rings (SSSR count). The summed E-state index contributed by atoms with van der Waals surface area (Å²) in [6, 6.07) is 21.8. The van der Waals surface area contributed by atoms with E-state index in [9.17, 15) is 4.79 Å². The highest BCUT2D eigenvalue weighted by Gasteiger charge is 2.14. The van der Waals surface area contributed by atoms with Gasteiger partial charge in [-0.3, -0.25) is 4.79 Å². The van der Waals surface area contributed by atoms with Gasteiger partial charge in [0.15, 0.2) is 0 Å². The minimum atomic E-state index is -0.190. The molecule has 0 aliphatic heterocycles. The van der Waals surface area contributed by atoms with Crippen LogP contribution in [0.5, 0.6) is 5.75 Å². The molecule has 0 unspecified atom stereocenters. The fourth-order valence-electron chi connectivity index (χ4n) is 2.42. The molecule has 0 aliphatic carbocycles. The molecule has 0 radical (unpaired) electrons. The molecule has 4 heteroatoms. The van der Waals surface area contributed by atoms with E-state index in [1.54, 1.807) is 7.11 Å². The van der Waals surface area contributed by atoms with E-state index in [1.807, 2.05) is 67.6 Å². The van der Waals surface area contributed by atoms with Crippen LogP contribution in [0.3, 0.4) is 0 Å². The molecule has 24 heavy (non-hydrogen) atoms. The van der Waals surface area contributed by atoms with Crippen LogP contribution >= 0.6 is 11.8 Å². The van der Waals surface area contributed by atoms with Gasteiger partial charge in [0.2, 0.25) is 5.91 Å². The van der Waals surface area contributed by atoms with Crippen LogP contribution in [0.15, 0.2) is 71.6 Å². The van der Waals surface area contributed by atoms with Crippen molar-refractivity contribution in [2.75, 3.05) is 12.4 Å². The third-order valence-corrected chi connectivity index (χ3v) is 4.87. The highest BCUT2D eigenvalue weighted by Crippen LogP contribution is 2.26. The Labute approximate surface area is 146 Å². The van der Waals surface area contributed by atoms with Gasteiger partial charge in [0.1, 0.15) is 5.75 Å². The van der Waals surface area contributed by atoms with Crippen molar-refractivity contribution in [3.8, 4) is 5.75 Å². The predicted octanol–water partition coefficient (Wildman–Crippen LogP) is 4.97. The molecule has 0 saturated heterocycles. The smallest absolute Gasteiger partial charge is 0.237 e. The van der Waals surface area contributed by atoms with Crippen LogP contribution in [0.2, 0.25) is 0 Å².